The number of hydrogen-bond acceptors (Lipinski definition) is 1. The maximum Gasteiger partial charge on any atom is 0.227 e. The van der Waals surface area contributed by atoms with E-state index < -0.39 is 0 Å². The molecule has 0 aliphatic carbocycles. The van der Waals surface area contributed by atoms with Gasteiger partial charge in [0.05, 0.1) is 0 Å². The van der Waals surface area contributed by atoms with E-state index >= 15 is 0 Å². The van der Waals surface area contributed by atoms with Gasteiger partial charge in [0.25, 0.3) is 0 Å². The van der Waals surface area contributed by atoms with Crippen LogP contribution in [0.4, 0.5) is 0 Å². The van der Waals surface area contributed by atoms with Crippen molar-refractivity contribution < 1.29 is 4.79 Å². The molecular weight excluding hydrogens is 246 g/mol. The van der Waals surface area contributed by atoms with Crippen molar-refractivity contribution in [2.45, 2.75) is 53.4 Å². The zero-order chi connectivity index (χ0) is 15.2. The largest absolute Gasteiger partial charge is 0.342 e. The van der Waals surface area contributed by atoms with Gasteiger partial charge in [-0.05, 0) is 24.3 Å². The van der Waals surface area contributed by atoms with Crippen LogP contribution in [0.1, 0.15) is 58.9 Å². The molecule has 0 atom stereocenters. The van der Waals surface area contributed by atoms with Crippen molar-refractivity contribution in [2.24, 2.45) is 5.41 Å². The molecule has 1 aliphatic rings. The monoisotopic (exact) mass is 275 g/mol. The lowest BCUT2D eigenvalue weighted by atomic mass is 9.87. The lowest BCUT2D eigenvalue weighted by Crippen LogP contribution is -2.43. The van der Waals surface area contributed by atoms with E-state index in [-0.39, 0.29) is 11.3 Å². The van der Waals surface area contributed by atoms with Crippen LogP contribution in [0.25, 0.3) is 0 Å². The van der Waals surface area contributed by atoms with Gasteiger partial charge in [-0.15, -0.1) is 0 Å². The number of carbonyl (C=O) groups excluding carboxylic acids is 1. The summed E-state index contributed by atoms with van der Waals surface area (Å²) in [6.45, 7) is 11.8. The molecule has 1 aromatic carbocycles. The molecule has 0 spiro atoms. The minimum atomic E-state index is -0.250. The van der Waals surface area contributed by atoms with Crippen LogP contribution >= 0.6 is 0 Å². The third-order valence-corrected chi connectivity index (χ3v) is 3.69. The molecular formula is C18H29NO. The van der Waals surface area contributed by atoms with Gasteiger partial charge in [0.15, 0.2) is 0 Å². The second-order valence-corrected chi connectivity index (χ2v) is 6.23. The normalized spacial score (nSPS) is 16.4. The van der Waals surface area contributed by atoms with Crippen molar-refractivity contribution in [3.63, 3.8) is 0 Å². The van der Waals surface area contributed by atoms with Crippen LogP contribution in [0, 0.1) is 5.41 Å². The number of benzene rings is 1. The molecule has 2 heteroatoms. The summed E-state index contributed by atoms with van der Waals surface area (Å²) < 4.78 is 0. The second kappa shape index (κ2) is 7.47. The molecule has 0 saturated carbocycles. The van der Waals surface area contributed by atoms with E-state index in [4.69, 9.17) is 0 Å². The van der Waals surface area contributed by atoms with E-state index in [0.717, 1.165) is 25.9 Å². The molecule has 1 amide bonds. The number of carbonyl (C=O) groups is 1. The molecule has 0 bridgehead atoms. The number of amides is 1. The second-order valence-electron chi connectivity index (χ2n) is 6.23. The summed E-state index contributed by atoms with van der Waals surface area (Å²) in [4.78, 5) is 14.2. The third-order valence-electron chi connectivity index (χ3n) is 3.69. The predicted molar refractivity (Wildman–Crippen MR) is 85.8 cm³/mol. The standard InChI is InChI=1S/C16H23NO.C2H6/c1-16(2,3)15(18)17-11-9-14(10-12-17)13-7-5-4-6-8-13;1-2/h4-8,14H,9-12H2,1-3H3;1-2H3. The van der Waals surface area contributed by atoms with Crippen LogP contribution in [0.2, 0.25) is 0 Å². The molecule has 0 aromatic heterocycles. The molecule has 1 saturated heterocycles. The van der Waals surface area contributed by atoms with Gasteiger partial charge in [0, 0.05) is 18.5 Å². The first-order valence-electron chi connectivity index (χ1n) is 7.83. The van der Waals surface area contributed by atoms with Crippen LogP contribution in [0.3, 0.4) is 0 Å². The van der Waals surface area contributed by atoms with Gasteiger partial charge in [-0.2, -0.15) is 0 Å². The average molecular weight is 275 g/mol. The number of piperidine rings is 1. The molecule has 1 aromatic rings. The Morgan fingerprint density at radius 2 is 1.55 bits per heavy atom. The van der Waals surface area contributed by atoms with E-state index in [9.17, 15) is 4.79 Å². The number of rotatable bonds is 1. The highest BCUT2D eigenvalue weighted by molar-refractivity contribution is 5.81. The number of nitrogens with zero attached hydrogens (tertiary/aromatic N) is 1. The predicted octanol–water partition coefficient (Wildman–Crippen LogP) is 4.46. The minimum absolute atomic E-state index is 0.250. The fourth-order valence-corrected chi connectivity index (χ4v) is 2.62. The molecule has 1 aliphatic heterocycles. The molecule has 0 radical (unpaired) electrons. The average Bonchev–Trinajstić information content (AvgIpc) is 2.49. The van der Waals surface area contributed by atoms with Crippen LogP contribution in [0.15, 0.2) is 30.3 Å². The summed E-state index contributed by atoms with van der Waals surface area (Å²) in [5, 5.41) is 0. The Hall–Kier alpha value is -1.31. The Bertz CT molecular complexity index is 397. The lowest BCUT2D eigenvalue weighted by Gasteiger charge is -2.35. The van der Waals surface area contributed by atoms with E-state index in [1.807, 2.05) is 39.5 Å². The maximum atomic E-state index is 12.2. The van der Waals surface area contributed by atoms with Crippen LogP contribution in [-0.2, 0) is 4.79 Å². The van der Waals surface area contributed by atoms with E-state index in [2.05, 4.69) is 30.3 Å². The smallest absolute Gasteiger partial charge is 0.227 e. The lowest BCUT2D eigenvalue weighted by molar-refractivity contribution is -0.140. The van der Waals surface area contributed by atoms with Crippen molar-refractivity contribution in [1.29, 1.82) is 0 Å². The maximum absolute atomic E-state index is 12.2. The Balaban J connectivity index is 0.000000956. The first kappa shape index (κ1) is 16.7. The fraction of sp³-hybridized carbons (Fsp3) is 0.611. The molecule has 1 fully saturated rings. The first-order valence-corrected chi connectivity index (χ1v) is 7.83. The summed E-state index contributed by atoms with van der Waals surface area (Å²) >= 11 is 0. The molecule has 2 nitrogen and oxygen atoms in total. The van der Waals surface area contributed by atoms with Crippen LogP contribution < -0.4 is 0 Å². The van der Waals surface area contributed by atoms with Gasteiger partial charge < -0.3 is 4.90 Å². The Morgan fingerprint density at radius 3 is 2.00 bits per heavy atom. The molecule has 0 N–H and O–H groups in total. The van der Waals surface area contributed by atoms with E-state index in [1.165, 1.54) is 5.56 Å². The van der Waals surface area contributed by atoms with Gasteiger partial charge in [-0.1, -0.05) is 65.0 Å². The highest BCUT2D eigenvalue weighted by Crippen LogP contribution is 2.29. The molecule has 112 valence electrons. The summed E-state index contributed by atoms with van der Waals surface area (Å²) in [6.07, 6.45) is 2.18. The Morgan fingerprint density at radius 1 is 1.05 bits per heavy atom. The van der Waals surface area contributed by atoms with Gasteiger partial charge in [-0.3, -0.25) is 4.79 Å². The fourth-order valence-electron chi connectivity index (χ4n) is 2.62. The van der Waals surface area contributed by atoms with Gasteiger partial charge in [0.2, 0.25) is 5.91 Å². The van der Waals surface area contributed by atoms with Crippen molar-refractivity contribution in [2.75, 3.05) is 13.1 Å². The van der Waals surface area contributed by atoms with Gasteiger partial charge in [0.1, 0.15) is 0 Å². The van der Waals surface area contributed by atoms with E-state index in [1.54, 1.807) is 0 Å². The quantitative estimate of drug-likeness (QED) is 0.740. The van der Waals surface area contributed by atoms with Gasteiger partial charge >= 0.3 is 0 Å². The zero-order valence-corrected chi connectivity index (χ0v) is 13.6. The molecule has 0 unspecified atom stereocenters. The SMILES string of the molecule is CC.CC(C)(C)C(=O)N1CCC(c2ccccc2)CC1. The minimum Gasteiger partial charge on any atom is -0.342 e. The summed E-state index contributed by atoms with van der Waals surface area (Å²) in [7, 11) is 0. The Kier molecular flexibility index (Phi) is 6.25. The van der Waals surface area contributed by atoms with Crippen molar-refractivity contribution in [3.05, 3.63) is 35.9 Å². The number of hydrogen-bond donors (Lipinski definition) is 0. The zero-order valence-electron chi connectivity index (χ0n) is 13.6. The first-order chi connectivity index (χ1) is 9.48. The molecule has 1 heterocycles. The molecule has 20 heavy (non-hydrogen) atoms. The highest BCUT2D eigenvalue weighted by Gasteiger charge is 2.30. The Labute approximate surface area is 124 Å². The highest BCUT2D eigenvalue weighted by atomic mass is 16.2. The topological polar surface area (TPSA) is 20.3 Å². The van der Waals surface area contributed by atoms with Crippen molar-refractivity contribution in [1.82, 2.24) is 4.90 Å². The number of likely N-dealkylation sites (tertiary alicyclic amines) is 1. The summed E-state index contributed by atoms with van der Waals surface area (Å²) in [5.74, 6) is 0.907. The van der Waals surface area contributed by atoms with Crippen molar-refractivity contribution >= 4 is 5.91 Å². The van der Waals surface area contributed by atoms with Crippen LogP contribution in [-0.4, -0.2) is 23.9 Å². The third kappa shape index (κ3) is 4.36. The summed E-state index contributed by atoms with van der Waals surface area (Å²) in [6, 6.07) is 10.7. The van der Waals surface area contributed by atoms with Crippen molar-refractivity contribution in [3.8, 4) is 0 Å². The van der Waals surface area contributed by atoms with Crippen LogP contribution in [0.5, 0.6) is 0 Å². The molecule has 2 rings (SSSR count). The summed E-state index contributed by atoms with van der Waals surface area (Å²) in [5.41, 5.74) is 1.17. The van der Waals surface area contributed by atoms with E-state index in [0.29, 0.717) is 5.92 Å². The van der Waals surface area contributed by atoms with Gasteiger partial charge in [-0.25, -0.2) is 0 Å².